The Labute approximate surface area is 366 Å². The third-order valence-electron chi connectivity index (χ3n) is 12.9. The number of nitrogens with one attached hydrogen (secondary N) is 1. The van der Waals surface area contributed by atoms with Crippen LogP contribution in [0.25, 0.3) is 33.6 Å². The van der Waals surface area contributed by atoms with Crippen LogP contribution in [0.15, 0.2) is 82.6 Å². The first-order valence-corrected chi connectivity index (χ1v) is 23.1. The first-order chi connectivity index (χ1) is 29.6. The van der Waals surface area contributed by atoms with Crippen LogP contribution < -0.4 is 15.8 Å². The molecule has 3 atom stereocenters. The Morgan fingerprint density at radius 1 is 0.984 bits per heavy atom. The van der Waals surface area contributed by atoms with E-state index in [-0.39, 0.29) is 35.8 Å². The molecule has 2 aliphatic carbocycles. The van der Waals surface area contributed by atoms with Gasteiger partial charge >= 0.3 is 0 Å². The number of likely N-dealkylation sites (tertiary alicyclic amines) is 2. The zero-order valence-electron chi connectivity index (χ0n) is 34.5. The highest BCUT2D eigenvalue weighted by molar-refractivity contribution is 9.10. The summed E-state index contributed by atoms with van der Waals surface area (Å²) >= 11 is 3.39. The number of imidazole rings is 1. The van der Waals surface area contributed by atoms with E-state index in [0.717, 1.165) is 40.6 Å². The van der Waals surface area contributed by atoms with Crippen LogP contribution in [0.4, 0.5) is 5.95 Å². The summed E-state index contributed by atoms with van der Waals surface area (Å²) in [6.07, 6.45) is 8.08. The van der Waals surface area contributed by atoms with E-state index < -0.39 is 32.3 Å². The van der Waals surface area contributed by atoms with Crippen LogP contribution in [0.3, 0.4) is 0 Å². The second kappa shape index (κ2) is 14.8. The lowest BCUT2D eigenvalue weighted by molar-refractivity contribution is 0.0526. The van der Waals surface area contributed by atoms with E-state index in [0.29, 0.717) is 71.5 Å². The van der Waals surface area contributed by atoms with Gasteiger partial charge in [-0.25, -0.2) is 28.4 Å². The van der Waals surface area contributed by atoms with Crippen molar-refractivity contribution in [2.75, 3.05) is 38.6 Å². The van der Waals surface area contributed by atoms with E-state index >= 15 is 0 Å². The lowest BCUT2D eigenvalue weighted by Crippen LogP contribution is -2.57. The fourth-order valence-corrected chi connectivity index (χ4v) is 11.9. The molecule has 62 heavy (non-hydrogen) atoms. The molecule has 2 bridgehead atoms. The van der Waals surface area contributed by atoms with Gasteiger partial charge in [0.15, 0.2) is 15.7 Å². The number of anilines is 1. The Kier molecular flexibility index (Phi) is 9.73. The highest BCUT2D eigenvalue weighted by atomic mass is 79.9. The smallest absolute Gasteiger partial charge is 0.257 e. The van der Waals surface area contributed by atoms with Crippen molar-refractivity contribution in [1.29, 1.82) is 0 Å². The second-order valence-electron chi connectivity index (χ2n) is 17.7. The number of carbonyl (C=O) groups is 2. The quantitative estimate of drug-likeness (QED) is 0.144. The predicted molar refractivity (Wildman–Crippen MR) is 235 cm³/mol. The van der Waals surface area contributed by atoms with Crippen LogP contribution in [0.1, 0.15) is 66.3 Å². The number of halogens is 1. The number of nitrogens with two attached hydrogens (primary N) is 1. The first kappa shape index (κ1) is 40.6. The van der Waals surface area contributed by atoms with Crippen molar-refractivity contribution in [3.63, 3.8) is 0 Å². The van der Waals surface area contributed by atoms with Crippen LogP contribution in [0.5, 0.6) is 5.75 Å². The summed E-state index contributed by atoms with van der Waals surface area (Å²) in [4.78, 5) is 48.9. The fourth-order valence-electron chi connectivity index (χ4n) is 9.50. The summed E-state index contributed by atoms with van der Waals surface area (Å²) in [6.45, 7) is 5.31. The number of carbonyl (C=O) groups excluding carboxylic acids is 2. The maximum atomic E-state index is 14.7. The Morgan fingerprint density at radius 3 is 2.42 bits per heavy atom. The van der Waals surface area contributed by atoms with Crippen molar-refractivity contribution in [1.82, 2.24) is 38.9 Å². The third-order valence-corrected chi connectivity index (χ3v) is 15.9. The molecule has 2 unspecified atom stereocenters. The van der Waals surface area contributed by atoms with E-state index in [1.165, 1.54) is 12.4 Å². The largest absolute Gasteiger partial charge is 0.494 e. The summed E-state index contributed by atoms with van der Waals surface area (Å²) in [7, 11) is -2.46. The van der Waals surface area contributed by atoms with Crippen molar-refractivity contribution >= 4 is 65.6 Å². The van der Waals surface area contributed by atoms with E-state index in [4.69, 9.17) is 20.4 Å². The van der Waals surface area contributed by atoms with Crippen LogP contribution in [0, 0.1) is 11.8 Å². The molecule has 18 heteroatoms. The van der Waals surface area contributed by atoms with Crippen molar-refractivity contribution < 1.29 is 27.9 Å². The normalized spacial score (nSPS) is 21.5. The molecule has 2 aromatic carbocycles. The lowest BCUT2D eigenvalue weighted by atomic mass is 10.1. The number of benzene rings is 2. The van der Waals surface area contributed by atoms with Crippen molar-refractivity contribution in [3.8, 4) is 17.3 Å². The molecule has 2 aliphatic heterocycles. The Hall–Kier alpha value is -5.43. The van der Waals surface area contributed by atoms with Gasteiger partial charge in [0.25, 0.3) is 11.8 Å². The van der Waals surface area contributed by atoms with Crippen LogP contribution in [-0.4, -0.2) is 114 Å². The molecule has 10 rings (SSSR count). The molecular weight excluding hydrogens is 877 g/mol. The number of aliphatic hydroxyl groups is 1. The number of fused-ring (bicyclic) bond motifs is 4. The Bertz CT molecular complexity index is 2870. The molecule has 4 N–H and O–H groups in total. The van der Waals surface area contributed by atoms with Gasteiger partial charge in [0.05, 0.1) is 46.5 Å². The van der Waals surface area contributed by atoms with Gasteiger partial charge in [0.1, 0.15) is 21.8 Å². The van der Waals surface area contributed by atoms with Gasteiger partial charge in [0.2, 0.25) is 5.95 Å². The van der Waals surface area contributed by atoms with Gasteiger partial charge in [-0.2, -0.15) is 0 Å². The van der Waals surface area contributed by atoms with Crippen LogP contribution in [-0.2, 0) is 16.4 Å². The van der Waals surface area contributed by atoms with Crippen molar-refractivity contribution in [3.05, 3.63) is 88.8 Å². The minimum atomic E-state index is -4.01. The lowest BCUT2D eigenvalue weighted by Gasteiger charge is -2.41. The number of hydrogen-bond donors (Lipinski definition) is 3. The van der Waals surface area contributed by atoms with Gasteiger partial charge in [0, 0.05) is 72.7 Å². The number of hydrogen-bond acceptors (Lipinski definition) is 12. The highest BCUT2D eigenvalue weighted by Gasteiger charge is 2.64. The predicted octanol–water partition coefficient (Wildman–Crippen LogP) is 5.27. The SMILES string of the molecule is COc1cc(C(=O)N2CC3CCC2[C@]3(N)S(=O)(=O)c2ccc(Br)cc2)cc2nc(-c3cc4cccnc4n3CC3CC3)n(C3CN(C(=O)c4cnc(NCC(C)(C)O)nc4)C3)c12. The molecule has 322 valence electrons. The summed E-state index contributed by atoms with van der Waals surface area (Å²) in [5.41, 5.74) is 9.57. The van der Waals surface area contributed by atoms with Gasteiger partial charge in [-0.05, 0) is 100 Å². The second-order valence-corrected chi connectivity index (χ2v) is 20.8. The van der Waals surface area contributed by atoms with Crippen molar-refractivity contribution in [2.45, 2.75) is 73.5 Å². The number of pyridine rings is 1. The summed E-state index contributed by atoms with van der Waals surface area (Å²) < 4.78 is 39.6. The number of nitrogens with zero attached hydrogens (tertiary/aromatic N) is 8. The van der Waals surface area contributed by atoms with Gasteiger partial charge in [-0.1, -0.05) is 15.9 Å². The maximum absolute atomic E-state index is 14.7. The molecule has 2 saturated heterocycles. The molecule has 2 saturated carbocycles. The molecule has 0 spiro atoms. The minimum absolute atomic E-state index is 0.128. The zero-order valence-corrected chi connectivity index (χ0v) is 36.9. The number of sulfone groups is 1. The Balaban J connectivity index is 1.01. The number of piperidine rings is 1. The minimum Gasteiger partial charge on any atom is -0.494 e. The van der Waals surface area contributed by atoms with Gasteiger partial charge in [-0.15, -0.1) is 0 Å². The van der Waals surface area contributed by atoms with Crippen molar-refractivity contribution in [2.24, 2.45) is 17.6 Å². The molecule has 4 aromatic heterocycles. The first-order valence-electron chi connectivity index (χ1n) is 20.9. The molecule has 16 nitrogen and oxygen atoms in total. The Morgan fingerprint density at radius 2 is 1.73 bits per heavy atom. The number of methoxy groups -OCH3 is 1. The number of aromatic nitrogens is 6. The standard InChI is InChI=1S/C44H47BrN10O6S/c1-43(2,58)24-50-42-48-18-28(19-49-42)40(56)52-22-31(23-52)55-37-33(51-39(55)34-16-26-5-4-14-47-38(26)53(34)20-25-6-7-25)15-27(17-35(37)61-3)41(57)54-21-29-8-13-36(54)44(29,46)62(59,60)32-11-9-30(45)10-12-32/h4-5,9-12,14-19,25,29,31,36,58H,6-8,13,20-24,46H2,1-3H3,(H,48,49,50)/t29?,36?,44-/m1/s1. The zero-order chi connectivity index (χ0) is 43.3. The van der Waals surface area contributed by atoms with Gasteiger partial charge < -0.3 is 39.8 Å². The summed E-state index contributed by atoms with van der Waals surface area (Å²) in [5, 5.41) is 14.0. The van der Waals surface area contributed by atoms with E-state index in [9.17, 15) is 23.1 Å². The third kappa shape index (κ3) is 6.73. The van der Waals surface area contributed by atoms with E-state index in [1.54, 1.807) is 73.4 Å². The summed E-state index contributed by atoms with van der Waals surface area (Å²) in [5.74, 6) is 0.920. The van der Waals surface area contributed by atoms with E-state index in [1.807, 2.05) is 12.1 Å². The summed E-state index contributed by atoms with van der Waals surface area (Å²) in [6, 6.07) is 15.0. The molecule has 0 radical (unpaired) electrons. The average molecular weight is 924 g/mol. The molecule has 6 heterocycles. The molecular formula is C44H47BrN10O6S. The monoisotopic (exact) mass is 922 g/mol. The molecule has 4 aliphatic rings. The topological polar surface area (TPSA) is 204 Å². The highest BCUT2D eigenvalue weighted by Crippen LogP contribution is 2.50. The molecule has 6 aromatic rings. The van der Waals surface area contributed by atoms with Gasteiger partial charge in [-0.3, -0.25) is 9.59 Å². The number of amides is 2. The maximum Gasteiger partial charge on any atom is 0.257 e. The average Bonchev–Trinajstić information content (AvgIpc) is 3.62. The molecule has 4 fully saturated rings. The van der Waals surface area contributed by atoms with Crippen LogP contribution >= 0.6 is 15.9 Å². The number of rotatable bonds is 12. The fraction of sp³-hybridized carbons (Fsp3) is 0.409. The van der Waals surface area contributed by atoms with Crippen LogP contribution in [0.2, 0.25) is 0 Å². The molecule has 2 amide bonds. The van der Waals surface area contributed by atoms with E-state index in [2.05, 4.69) is 46.4 Å². The number of ether oxygens (including phenoxy) is 1.